The highest BCUT2D eigenvalue weighted by Gasteiger charge is 2.35. The van der Waals surface area contributed by atoms with Gasteiger partial charge < -0.3 is 19.4 Å². The highest BCUT2D eigenvalue weighted by Crippen LogP contribution is 2.32. The van der Waals surface area contributed by atoms with Crippen LogP contribution in [0.5, 0.6) is 0 Å². The molecular formula is C21H27ClF3N3O4. The minimum absolute atomic E-state index is 0. The molecule has 0 spiro atoms. The summed E-state index contributed by atoms with van der Waals surface area (Å²) < 4.78 is 44.1. The molecular weight excluding hydrogens is 451 g/mol. The second kappa shape index (κ2) is 11.0. The van der Waals surface area contributed by atoms with Crippen LogP contribution in [-0.2, 0) is 26.9 Å². The Morgan fingerprint density at radius 1 is 1.06 bits per heavy atom. The van der Waals surface area contributed by atoms with E-state index < -0.39 is 30.2 Å². The number of piperazine rings is 1. The predicted molar refractivity (Wildman–Crippen MR) is 112 cm³/mol. The number of likely N-dealkylation sites (tertiary alicyclic amines) is 1. The number of amides is 2. The third-order valence-corrected chi connectivity index (χ3v) is 5.67. The van der Waals surface area contributed by atoms with E-state index in [-0.39, 0.29) is 43.0 Å². The average molecular weight is 478 g/mol. The van der Waals surface area contributed by atoms with Gasteiger partial charge in [-0.15, -0.1) is 12.4 Å². The Morgan fingerprint density at radius 3 is 2.34 bits per heavy atom. The lowest BCUT2D eigenvalue weighted by molar-refractivity contribution is -0.141. The molecule has 1 atom stereocenters. The number of ether oxygens (including phenoxy) is 1. The summed E-state index contributed by atoms with van der Waals surface area (Å²) in [5, 5.41) is 0. The van der Waals surface area contributed by atoms with Crippen molar-refractivity contribution < 1.29 is 32.3 Å². The average Bonchev–Trinajstić information content (AvgIpc) is 3.20. The van der Waals surface area contributed by atoms with Crippen LogP contribution in [0.1, 0.15) is 30.9 Å². The Kier molecular flexibility index (Phi) is 8.91. The van der Waals surface area contributed by atoms with E-state index in [2.05, 4.69) is 4.90 Å². The van der Waals surface area contributed by atoms with E-state index in [1.807, 2.05) is 0 Å². The Bertz CT molecular complexity index is 831. The van der Waals surface area contributed by atoms with Gasteiger partial charge in [0.15, 0.2) is 0 Å². The monoisotopic (exact) mass is 477 g/mol. The number of carbonyl (C=O) groups is 3. The summed E-state index contributed by atoms with van der Waals surface area (Å²) in [5.41, 5.74) is -1.18. The molecule has 32 heavy (non-hydrogen) atoms. The predicted octanol–water partition coefficient (Wildman–Crippen LogP) is 2.96. The highest BCUT2D eigenvalue weighted by molar-refractivity contribution is 5.86. The molecule has 3 rings (SSSR count). The van der Waals surface area contributed by atoms with E-state index in [9.17, 15) is 27.6 Å². The van der Waals surface area contributed by atoms with Gasteiger partial charge in [-0.05, 0) is 37.6 Å². The fourth-order valence-corrected chi connectivity index (χ4v) is 4.16. The first-order valence-corrected chi connectivity index (χ1v) is 10.3. The summed E-state index contributed by atoms with van der Waals surface area (Å²) >= 11 is 0. The van der Waals surface area contributed by atoms with Crippen molar-refractivity contribution in [3.63, 3.8) is 0 Å². The van der Waals surface area contributed by atoms with Gasteiger partial charge in [0.25, 0.3) is 0 Å². The van der Waals surface area contributed by atoms with Gasteiger partial charge in [-0.25, -0.2) is 4.79 Å². The maximum atomic E-state index is 13.1. The minimum atomic E-state index is -4.60. The molecule has 0 unspecified atom stereocenters. The van der Waals surface area contributed by atoms with Crippen LogP contribution in [0.15, 0.2) is 24.3 Å². The number of rotatable bonds is 4. The third-order valence-electron chi connectivity index (χ3n) is 5.67. The maximum absolute atomic E-state index is 13.1. The molecule has 2 aliphatic rings. The van der Waals surface area contributed by atoms with Crippen molar-refractivity contribution in [3.8, 4) is 0 Å². The number of halogens is 4. The first-order chi connectivity index (χ1) is 14.6. The molecule has 1 aromatic rings. The summed E-state index contributed by atoms with van der Waals surface area (Å²) in [7, 11) is 0. The third kappa shape index (κ3) is 6.59. The molecule has 2 heterocycles. The molecule has 178 valence electrons. The lowest BCUT2D eigenvalue weighted by Gasteiger charge is -2.41. The Labute approximate surface area is 190 Å². The van der Waals surface area contributed by atoms with Gasteiger partial charge in [0, 0.05) is 33.1 Å². The number of nitrogens with zero attached hydrogens (tertiary/aromatic N) is 3. The van der Waals surface area contributed by atoms with Crippen molar-refractivity contribution in [1.29, 1.82) is 0 Å². The summed E-state index contributed by atoms with van der Waals surface area (Å²) in [4.78, 5) is 41.9. The number of alkyl halides is 3. The molecule has 2 aliphatic heterocycles. The Balaban J connectivity index is 0.00000363. The zero-order chi connectivity index (χ0) is 22.6. The summed E-state index contributed by atoms with van der Waals surface area (Å²) in [6.07, 6.45) is -3.98. The minimum Gasteiger partial charge on any atom is -0.376 e. The van der Waals surface area contributed by atoms with E-state index in [4.69, 9.17) is 4.74 Å². The van der Waals surface area contributed by atoms with Gasteiger partial charge in [-0.3, -0.25) is 9.59 Å². The van der Waals surface area contributed by atoms with Gasteiger partial charge in [0.2, 0.25) is 5.91 Å². The topological polar surface area (TPSA) is 70.2 Å². The fraction of sp³-hybridized carbons (Fsp3) is 0.571. The van der Waals surface area contributed by atoms with Crippen LogP contribution in [0, 0.1) is 0 Å². The second-order valence-corrected chi connectivity index (χ2v) is 7.89. The van der Waals surface area contributed by atoms with Gasteiger partial charge in [-0.2, -0.15) is 13.2 Å². The molecule has 0 radical (unpaired) electrons. The molecule has 11 heteroatoms. The molecule has 0 saturated carbocycles. The van der Waals surface area contributed by atoms with Crippen LogP contribution in [0.2, 0.25) is 0 Å². The fourth-order valence-electron chi connectivity index (χ4n) is 4.16. The normalized spacial score (nSPS) is 19.4. The molecule has 0 aromatic heterocycles. The van der Waals surface area contributed by atoms with Gasteiger partial charge in [-0.1, -0.05) is 18.2 Å². The first kappa shape index (κ1) is 25.9. The van der Waals surface area contributed by atoms with Crippen LogP contribution < -0.4 is 0 Å². The quantitative estimate of drug-likeness (QED) is 0.492. The first-order valence-electron chi connectivity index (χ1n) is 10.3. The lowest BCUT2D eigenvalue weighted by atomic mass is 10.0. The van der Waals surface area contributed by atoms with E-state index >= 15 is 0 Å². The van der Waals surface area contributed by atoms with Crippen LogP contribution in [0.3, 0.4) is 0 Å². The van der Waals surface area contributed by atoms with Crippen LogP contribution in [0.4, 0.5) is 18.0 Å². The van der Waals surface area contributed by atoms with Crippen molar-refractivity contribution in [2.45, 2.75) is 38.4 Å². The Hall–Kier alpha value is -2.33. The highest BCUT2D eigenvalue weighted by atomic mass is 35.5. The van der Waals surface area contributed by atoms with Crippen molar-refractivity contribution in [2.24, 2.45) is 0 Å². The Morgan fingerprint density at radius 2 is 1.72 bits per heavy atom. The largest absolute Gasteiger partial charge is 0.417 e. The van der Waals surface area contributed by atoms with Crippen molar-refractivity contribution in [2.75, 3.05) is 39.3 Å². The van der Waals surface area contributed by atoms with Crippen LogP contribution in [-0.4, -0.2) is 78.0 Å². The van der Waals surface area contributed by atoms with Gasteiger partial charge in [0.05, 0.1) is 18.0 Å². The maximum Gasteiger partial charge on any atom is 0.417 e. The zero-order valence-electron chi connectivity index (χ0n) is 17.8. The van der Waals surface area contributed by atoms with Crippen LogP contribution >= 0.6 is 12.4 Å². The van der Waals surface area contributed by atoms with E-state index in [0.29, 0.717) is 13.1 Å². The standard InChI is InChI=1S/C21H26F3N3O4.ClH/c1-15(28)27-11-10-26(14-17(27)13-25-8-4-5-9-25)20(30)31-19(29)12-16-6-2-3-7-18(16)21(22,23)24;/h2-3,6-7,17H,4-5,8-14H2,1H3;1H/t17-;/m1./s1. The molecule has 0 aliphatic carbocycles. The number of hydrogen-bond donors (Lipinski definition) is 0. The molecule has 2 fully saturated rings. The number of benzene rings is 1. The molecule has 2 saturated heterocycles. The zero-order valence-corrected chi connectivity index (χ0v) is 18.6. The molecule has 7 nitrogen and oxygen atoms in total. The smallest absolute Gasteiger partial charge is 0.376 e. The summed E-state index contributed by atoms with van der Waals surface area (Å²) in [6.45, 7) is 4.69. The number of esters is 1. The summed E-state index contributed by atoms with van der Waals surface area (Å²) in [6, 6.07) is 4.47. The second-order valence-electron chi connectivity index (χ2n) is 7.89. The van der Waals surface area contributed by atoms with E-state index in [0.717, 1.165) is 32.0 Å². The molecule has 2 amide bonds. The van der Waals surface area contributed by atoms with Crippen LogP contribution in [0.25, 0.3) is 0 Å². The van der Waals surface area contributed by atoms with Crippen molar-refractivity contribution in [3.05, 3.63) is 35.4 Å². The van der Waals surface area contributed by atoms with E-state index in [1.165, 1.54) is 30.0 Å². The van der Waals surface area contributed by atoms with Crippen molar-refractivity contribution >= 4 is 30.4 Å². The number of carbonyl (C=O) groups excluding carboxylic acids is 3. The summed E-state index contributed by atoms with van der Waals surface area (Å²) in [5.74, 6) is -1.14. The van der Waals surface area contributed by atoms with Gasteiger partial charge >= 0.3 is 18.2 Å². The molecule has 0 bridgehead atoms. The SMILES string of the molecule is CC(=O)N1CCN(C(=O)OC(=O)Cc2ccccc2C(F)(F)F)C[C@H]1CN1CCCC1.Cl. The number of hydrogen-bond acceptors (Lipinski definition) is 5. The van der Waals surface area contributed by atoms with E-state index in [1.54, 1.807) is 4.90 Å². The lowest BCUT2D eigenvalue weighted by Crippen LogP contribution is -2.59. The molecule has 1 aromatic carbocycles. The van der Waals surface area contributed by atoms with Crippen molar-refractivity contribution in [1.82, 2.24) is 14.7 Å². The molecule has 0 N–H and O–H groups in total. The van der Waals surface area contributed by atoms with Gasteiger partial charge in [0.1, 0.15) is 0 Å².